The molecule has 1 N–H and O–H groups in total. The first-order valence-corrected chi connectivity index (χ1v) is 11.6. The summed E-state index contributed by atoms with van der Waals surface area (Å²) < 4.78 is 13.3. The normalized spacial score (nSPS) is 19.3. The number of hydrogen-bond acceptors (Lipinski definition) is 4. The molecule has 172 valence electrons. The molecule has 1 saturated heterocycles. The number of ketones is 1. The van der Waals surface area contributed by atoms with Gasteiger partial charge in [-0.25, -0.2) is 4.39 Å². The molecule has 6 heteroatoms. The Balaban J connectivity index is 1.54. The molecule has 1 unspecified atom stereocenters. The van der Waals surface area contributed by atoms with Gasteiger partial charge in [0.05, 0.1) is 11.6 Å². The molecule has 1 aromatic heterocycles. The van der Waals surface area contributed by atoms with Crippen LogP contribution in [0.4, 0.5) is 4.39 Å². The minimum Gasteiger partial charge on any atom is -0.507 e. The third kappa shape index (κ3) is 4.12. The molecule has 34 heavy (non-hydrogen) atoms. The zero-order chi connectivity index (χ0) is 23.7. The maximum atomic E-state index is 13.3. The van der Waals surface area contributed by atoms with Crippen LogP contribution in [0.15, 0.2) is 72.6 Å². The second-order valence-corrected chi connectivity index (χ2v) is 8.84. The molecule has 1 fully saturated rings. The SMILES string of the molecule is O=C1C(=O)N(CCc2ccc(F)cc2)C(c2ccncc2)/C1=C(/O)c1ccc2c(c1)CCCC2. The topological polar surface area (TPSA) is 70.5 Å². The van der Waals surface area contributed by atoms with Crippen LogP contribution in [0.25, 0.3) is 5.76 Å². The molecule has 1 amide bonds. The van der Waals surface area contributed by atoms with Gasteiger partial charge in [0, 0.05) is 24.5 Å². The van der Waals surface area contributed by atoms with E-state index in [1.165, 1.54) is 28.2 Å². The average molecular weight is 457 g/mol. The van der Waals surface area contributed by atoms with Crippen molar-refractivity contribution in [1.29, 1.82) is 0 Å². The number of aryl methyl sites for hydroxylation is 2. The second kappa shape index (κ2) is 9.21. The number of nitrogens with zero attached hydrogens (tertiary/aromatic N) is 2. The van der Waals surface area contributed by atoms with Gasteiger partial charge in [-0.3, -0.25) is 14.6 Å². The van der Waals surface area contributed by atoms with Crippen molar-refractivity contribution in [2.24, 2.45) is 0 Å². The first-order chi connectivity index (χ1) is 16.5. The Morgan fingerprint density at radius 2 is 1.68 bits per heavy atom. The summed E-state index contributed by atoms with van der Waals surface area (Å²) in [4.78, 5) is 31.8. The number of halogens is 1. The van der Waals surface area contributed by atoms with E-state index in [1.807, 2.05) is 18.2 Å². The molecule has 2 aliphatic rings. The van der Waals surface area contributed by atoms with Crippen LogP contribution in [0, 0.1) is 5.82 Å². The monoisotopic (exact) mass is 456 g/mol. The van der Waals surface area contributed by atoms with Gasteiger partial charge in [0.2, 0.25) is 0 Å². The summed E-state index contributed by atoms with van der Waals surface area (Å²) in [5.74, 6) is -1.83. The number of aromatic nitrogens is 1. The van der Waals surface area contributed by atoms with Crippen molar-refractivity contribution in [3.8, 4) is 0 Å². The van der Waals surface area contributed by atoms with Gasteiger partial charge >= 0.3 is 0 Å². The molecular formula is C28H25FN2O3. The van der Waals surface area contributed by atoms with Crippen molar-refractivity contribution < 1.29 is 19.1 Å². The lowest BCUT2D eigenvalue weighted by atomic mass is 9.89. The quantitative estimate of drug-likeness (QED) is 0.341. The first kappa shape index (κ1) is 22.0. The molecule has 1 aliphatic carbocycles. The van der Waals surface area contributed by atoms with Crippen molar-refractivity contribution >= 4 is 17.4 Å². The lowest BCUT2D eigenvalue weighted by molar-refractivity contribution is -0.139. The van der Waals surface area contributed by atoms with Gasteiger partial charge in [-0.1, -0.05) is 24.3 Å². The number of amides is 1. The third-order valence-corrected chi connectivity index (χ3v) is 6.74. The summed E-state index contributed by atoms with van der Waals surface area (Å²) in [5, 5.41) is 11.3. The number of rotatable bonds is 5. The standard InChI is InChI=1S/C28H25FN2O3/c29-23-9-5-18(6-10-23)13-16-31-25(20-11-14-30-15-12-20)24(27(33)28(31)34)26(32)22-8-7-19-3-1-2-4-21(19)17-22/h5-12,14-15,17,25,32H,1-4,13,16H2/b26-24-. The maximum Gasteiger partial charge on any atom is 0.295 e. The first-order valence-electron chi connectivity index (χ1n) is 11.6. The molecule has 0 spiro atoms. The fraction of sp³-hybridized carbons (Fsp3) is 0.250. The fourth-order valence-corrected chi connectivity index (χ4v) is 4.94. The number of Topliss-reactive ketones (excluding diaryl/α,β-unsaturated/α-hetero) is 1. The Labute approximate surface area is 197 Å². The molecule has 1 aliphatic heterocycles. The molecule has 0 radical (unpaired) electrons. The van der Waals surface area contributed by atoms with E-state index in [9.17, 15) is 19.1 Å². The van der Waals surface area contributed by atoms with Crippen LogP contribution in [-0.4, -0.2) is 33.2 Å². The Morgan fingerprint density at radius 1 is 0.971 bits per heavy atom. The molecule has 2 aromatic carbocycles. The molecule has 2 heterocycles. The van der Waals surface area contributed by atoms with E-state index >= 15 is 0 Å². The number of carbonyl (C=O) groups excluding carboxylic acids is 2. The van der Waals surface area contributed by atoms with E-state index in [4.69, 9.17) is 0 Å². The minimum atomic E-state index is -0.723. The molecule has 5 rings (SSSR count). The number of fused-ring (bicyclic) bond motifs is 1. The van der Waals surface area contributed by atoms with E-state index in [-0.39, 0.29) is 23.7 Å². The fourth-order valence-electron chi connectivity index (χ4n) is 4.94. The van der Waals surface area contributed by atoms with Crippen molar-refractivity contribution in [2.75, 3.05) is 6.54 Å². The van der Waals surface area contributed by atoms with Crippen LogP contribution in [0.5, 0.6) is 0 Å². The molecule has 5 nitrogen and oxygen atoms in total. The zero-order valence-corrected chi connectivity index (χ0v) is 18.7. The average Bonchev–Trinajstić information content (AvgIpc) is 3.13. The van der Waals surface area contributed by atoms with E-state index < -0.39 is 17.7 Å². The number of pyridine rings is 1. The summed E-state index contributed by atoms with van der Waals surface area (Å²) in [6, 6.07) is 14.6. The Bertz CT molecular complexity index is 1270. The van der Waals surface area contributed by atoms with Crippen LogP contribution in [0.2, 0.25) is 0 Å². The predicted octanol–water partition coefficient (Wildman–Crippen LogP) is 4.76. The van der Waals surface area contributed by atoms with E-state index in [2.05, 4.69) is 4.98 Å². The smallest absolute Gasteiger partial charge is 0.295 e. The molecule has 0 bridgehead atoms. The summed E-state index contributed by atoms with van der Waals surface area (Å²) >= 11 is 0. The lowest BCUT2D eigenvalue weighted by Gasteiger charge is -2.25. The largest absolute Gasteiger partial charge is 0.507 e. The number of likely N-dealkylation sites (tertiary alicyclic amines) is 1. The lowest BCUT2D eigenvalue weighted by Crippen LogP contribution is -2.31. The highest BCUT2D eigenvalue weighted by Gasteiger charge is 2.45. The summed E-state index contributed by atoms with van der Waals surface area (Å²) in [5.41, 5.74) is 4.65. The number of benzene rings is 2. The van der Waals surface area contributed by atoms with Crippen LogP contribution < -0.4 is 0 Å². The maximum absolute atomic E-state index is 13.3. The van der Waals surface area contributed by atoms with Crippen molar-refractivity contribution in [1.82, 2.24) is 9.88 Å². The van der Waals surface area contributed by atoms with Crippen molar-refractivity contribution in [2.45, 2.75) is 38.1 Å². The molecule has 0 saturated carbocycles. The highest BCUT2D eigenvalue weighted by Crippen LogP contribution is 2.39. The summed E-state index contributed by atoms with van der Waals surface area (Å²) in [6.07, 6.45) is 7.87. The number of aliphatic hydroxyl groups excluding tert-OH is 1. The highest BCUT2D eigenvalue weighted by atomic mass is 19.1. The van der Waals surface area contributed by atoms with E-state index in [0.717, 1.165) is 31.2 Å². The summed E-state index contributed by atoms with van der Waals surface area (Å²) in [7, 11) is 0. The van der Waals surface area contributed by atoms with Crippen LogP contribution >= 0.6 is 0 Å². The number of carbonyl (C=O) groups is 2. The van der Waals surface area contributed by atoms with Crippen molar-refractivity contribution in [3.05, 3.63) is 106 Å². The van der Waals surface area contributed by atoms with Gasteiger partial charge in [-0.15, -0.1) is 0 Å². The molecule has 1 atom stereocenters. The van der Waals surface area contributed by atoms with Gasteiger partial charge in [0.25, 0.3) is 11.7 Å². The van der Waals surface area contributed by atoms with E-state index in [0.29, 0.717) is 17.5 Å². The number of hydrogen-bond donors (Lipinski definition) is 1. The van der Waals surface area contributed by atoms with Crippen LogP contribution in [0.3, 0.4) is 0 Å². The number of aliphatic hydroxyl groups is 1. The van der Waals surface area contributed by atoms with Gasteiger partial charge in [0.1, 0.15) is 11.6 Å². The Hall–Kier alpha value is -3.80. The minimum absolute atomic E-state index is 0.0889. The van der Waals surface area contributed by atoms with Gasteiger partial charge in [-0.2, -0.15) is 0 Å². The van der Waals surface area contributed by atoms with Gasteiger partial charge < -0.3 is 10.0 Å². The highest BCUT2D eigenvalue weighted by molar-refractivity contribution is 6.46. The van der Waals surface area contributed by atoms with Gasteiger partial charge in [0.15, 0.2) is 0 Å². The van der Waals surface area contributed by atoms with Gasteiger partial charge in [-0.05, 0) is 84.7 Å². The van der Waals surface area contributed by atoms with Crippen LogP contribution in [-0.2, 0) is 28.9 Å². The Morgan fingerprint density at radius 3 is 2.41 bits per heavy atom. The Kier molecular flexibility index (Phi) is 5.97. The zero-order valence-electron chi connectivity index (χ0n) is 18.7. The molecular weight excluding hydrogens is 431 g/mol. The van der Waals surface area contributed by atoms with Crippen molar-refractivity contribution in [3.63, 3.8) is 0 Å². The van der Waals surface area contributed by atoms with Crippen LogP contribution in [0.1, 0.15) is 46.7 Å². The second-order valence-electron chi connectivity index (χ2n) is 8.84. The predicted molar refractivity (Wildman–Crippen MR) is 126 cm³/mol. The summed E-state index contributed by atoms with van der Waals surface area (Å²) in [6.45, 7) is 0.254. The van der Waals surface area contributed by atoms with E-state index in [1.54, 1.807) is 36.7 Å². The third-order valence-electron chi connectivity index (χ3n) is 6.74. The molecule has 3 aromatic rings.